The highest BCUT2D eigenvalue weighted by Crippen LogP contribution is 2.29. The van der Waals surface area contributed by atoms with Crippen molar-refractivity contribution in [3.8, 4) is 0 Å². The molecule has 1 nitrogen and oxygen atoms in total. The lowest BCUT2D eigenvalue weighted by Crippen LogP contribution is -2.05. The maximum absolute atomic E-state index is 6.01. The van der Waals surface area contributed by atoms with Crippen LogP contribution in [0.25, 0.3) is 22.9 Å². The van der Waals surface area contributed by atoms with Crippen molar-refractivity contribution in [3.05, 3.63) is 120 Å². The van der Waals surface area contributed by atoms with E-state index in [1.165, 1.54) is 27.5 Å². The van der Waals surface area contributed by atoms with E-state index in [9.17, 15) is 0 Å². The number of hydrogen-bond acceptors (Lipinski definition) is 1. The number of fused-ring (bicyclic) bond motifs is 1. The summed E-state index contributed by atoms with van der Waals surface area (Å²) in [6.07, 6.45) is 16.8. The average Bonchev–Trinajstić information content (AvgIpc) is 2.75. The van der Waals surface area contributed by atoms with Crippen molar-refractivity contribution < 1.29 is 0 Å². The zero-order chi connectivity index (χ0) is 21.2. The molecule has 0 unspecified atom stereocenters. The summed E-state index contributed by atoms with van der Waals surface area (Å²) in [7, 11) is 0. The maximum atomic E-state index is 6.01. The molecule has 0 saturated heterocycles. The molecular formula is C28H31N. The summed E-state index contributed by atoms with van der Waals surface area (Å²) in [4.78, 5) is 0. The summed E-state index contributed by atoms with van der Waals surface area (Å²) in [6, 6.07) is 10.8. The number of allylic oxidation sites excluding steroid dienone is 7. The molecule has 0 aliphatic carbocycles. The smallest absolute Gasteiger partial charge is 0.0180 e. The molecule has 2 aromatic carbocycles. The molecular weight excluding hydrogens is 350 g/mol. The minimum absolute atomic E-state index is 0.476. The van der Waals surface area contributed by atoms with Crippen LogP contribution < -0.4 is 5.73 Å². The van der Waals surface area contributed by atoms with Gasteiger partial charge in [-0.05, 0) is 58.9 Å². The highest BCUT2D eigenvalue weighted by molar-refractivity contribution is 5.96. The van der Waals surface area contributed by atoms with Crippen LogP contribution in [0, 0.1) is 0 Å². The Morgan fingerprint density at radius 1 is 1.10 bits per heavy atom. The van der Waals surface area contributed by atoms with Gasteiger partial charge >= 0.3 is 0 Å². The summed E-state index contributed by atoms with van der Waals surface area (Å²) < 4.78 is 0. The lowest BCUT2D eigenvalue weighted by molar-refractivity contribution is 1.12. The quantitative estimate of drug-likeness (QED) is 0.457. The molecule has 0 atom stereocenters. The van der Waals surface area contributed by atoms with Crippen LogP contribution in [0.1, 0.15) is 30.5 Å². The Morgan fingerprint density at radius 2 is 1.83 bits per heavy atom. The molecule has 0 heterocycles. The van der Waals surface area contributed by atoms with Gasteiger partial charge in [0.05, 0.1) is 0 Å². The molecule has 148 valence electrons. The fourth-order valence-corrected chi connectivity index (χ4v) is 3.43. The van der Waals surface area contributed by atoms with Gasteiger partial charge in [-0.3, -0.25) is 0 Å². The fourth-order valence-electron chi connectivity index (χ4n) is 3.43. The number of benzene rings is 2. The molecule has 0 spiro atoms. The highest BCUT2D eigenvalue weighted by Gasteiger charge is 2.08. The minimum Gasteiger partial charge on any atom is -0.326 e. The van der Waals surface area contributed by atoms with Crippen molar-refractivity contribution in [1.82, 2.24) is 0 Å². The van der Waals surface area contributed by atoms with Crippen LogP contribution in [-0.4, -0.2) is 6.54 Å². The predicted molar refractivity (Wildman–Crippen MR) is 132 cm³/mol. The SMILES string of the molecule is C=C/C=C(C=C)/C=C(CN)/C(C)=C/Cc1cc(C=C)c(/C=C\C)c2ccccc12. The molecule has 0 bridgehead atoms. The van der Waals surface area contributed by atoms with Gasteiger partial charge in [0.1, 0.15) is 0 Å². The number of hydrogen-bond donors (Lipinski definition) is 1. The lowest BCUT2D eigenvalue weighted by Gasteiger charge is -2.13. The van der Waals surface area contributed by atoms with Crippen LogP contribution in [0.4, 0.5) is 0 Å². The molecule has 2 N–H and O–H groups in total. The van der Waals surface area contributed by atoms with Crippen molar-refractivity contribution in [2.75, 3.05) is 6.54 Å². The second kappa shape index (κ2) is 11.0. The molecule has 0 fully saturated rings. The summed E-state index contributed by atoms with van der Waals surface area (Å²) in [6.45, 7) is 16.3. The van der Waals surface area contributed by atoms with E-state index in [4.69, 9.17) is 5.73 Å². The van der Waals surface area contributed by atoms with Gasteiger partial charge in [0.2, 0.25) is 0 Å². The third kappa shape index (κ3) is 5.43. The second-order valence-electron chi connectivity index (χ2n) is 6.86. The van der Waals surface area contributed by atoms with E-state index < -0.39 is 0 Å². The highest BCUT2D eigenvalue weighted by atomic mass is 14.5. The second-order valence-corrected chi connectivity index (χ2v) is 6.86. The third-order valence-corrected chi connectivity index (χ3v) is 5.00. The van der Waals surface area contributed by atoms with E-state index in [1.54, 1.807) is 6.08 Å². The van der Waals surface area contributed by atoms with E-state index in [-0.39, 0.29) is 0 Å². The molecule has 1 heteroatoms. The number of nitrogens with two attached hydrogens (primary N) is 1. The Labute approximate surface area is 175 Å². The first kappa shape index (κ1) is 22.1. The van der Waals surface area contributed by atoms with E-state index in [1.807, 2.05) is 25.2 Å². The first-order valence-electron chi connectivity index (χ1n) is 9.92. The summed E-state index contributed by atoms with van der Waals surface area (Å²) in [5.41, 5.74) is 12.9. The average molecular weight is 382 g/mol. The van der Waals surface area contributed by atoms with Gasteiger partial charge in [-0.25, -0.2) is 0 Å². The van der Waals surface area contributed by atoms with E-state index >= 15 is 0 Å². The standard InChI is InChI=1S/C28H31N/c1-6-12-22(8-3)18-25(20-29)21(5)16-17-24-19-23(9-4)26(13-7-2)28-15-11-10-14-27(24)28/h6-16,18-19H,1,3-4,17,20,29H2,2,5H3/b13-7-,21-16+,22-12+,25-18+. The van der Waals surface area contributed by atoms with Crippen LogP contribution in [-0.2, 0) is 6.42 Å². The van der Waals surface area contributed by atoms with Gasteiger partial charge in [0, 0.05) is 6.54 Å². The molecule has 0 saturated carbocycles. The van der Waals surface area contributed by atoms with Crippen LogP contribution in [0.2, 0.25) is 0 Å². The maximum Gasteiger partial charge on any atom is 0.0180 e. The molecule has 0 aromatic heterocycles. The molecule has 2 rings (SSSR count). The molecule has 29 heavy (non-hydrogen) atoms. The van der Waals surface area contributed by atoms with Gasteiger partial charge in [0.15, 0.2) is 0 Å². The minimum atomic E-state index is 0.476. The van der Waals surface area contributed by atoms with E-state index in [2.05, 4.69) is 81.3 Å². The van der Waals surface area contributed by atoms with Gasteiger partial charge in [-0.15, -0.1) is 0 Å². The zero-order valence-electron chi connectivity index (χ0n) is 17.6. The first-order valence-corrected chi connectivity index (χ1v) is 9.92. The van der Waals surface area contributed by atoms with Crippen LogP contribution in [0.3, 0.4) is 0 Å². The van der Waals surface area contributed by atoms with Gasteiger partial charge < -0.3 is 5.73 Å². The van der Waals surface area contributed by atoms with E-state index in [0.717, 1.165) is 23.1 Å². The van der Waals surface area contributed by atoms with Crippen molar-refractivity contribution in [2.45, 2.75) is 20.3 Å². The Bertz CT molecular complexity index is 1030. The summed E-state index contributed by atoms with van der Waals surface area (Å²) in [5, 5.41) is 2.52. The Morgan fingerprint density at radius 3 is 2.41 bits per heavy atom. The van der Waals surface area contributed by atoms with Crippen LogP contribution in [0.15, 0.2) is 103 Å². The number of rotatable bonds is 9. The van der Waals surface area contributed by atoms with Gasteiger partial charge in [-0.1, -0.05) is 104 Å². The molecule has 0 aliphatic rings. The van der Waals surface area contributed by atoms with Crippen molar-refractivity contribution in [2.24, 2.45) is 5.73 Å². The monoisotopic (exact) mass is 381 g/mol. The molecule has 2 aromatic rings. The zero-order valence-corrected chi connectivity index (χ0v) is 17.6. The Balaban J connectivity index is 2.51. The predicted octanol–water partition coefficient (Wildman–Crippen LogP) is 7.19. The largest absolute Gasteiger partial charge is 0.326 e. The first-order chi connectivity index (χ1) is 14.1. The molecule has 0 radical (unpaired) electrons. The Hall–Kier alpha value is -3.16. The third-order valence-electron chi connectivity index (χ3n) is 5.00. The van der Waals surface area contributed by atoms with Crippen molar-refractivity contribution in [1.29, 1.82) is 0 Å². The van der Waals surface area contributed by atoms with E-state index in [0.29, 0.717) is 6.54 Å². The van der Waals surface area contributed by atoms with Crippen LogP contribution in [0.5, 0.6) is 0 Å². The Kier molecular flexibility index (Phi) is 8.39. The van der Waals surface area contributed by atoms with Gasteiger partial charge in [-0.2, -0.15) is 0 Å². The van der Waals surface area contributed by atoms with Crippen LogP contribution >= 0.6 is 0 Å². The summed E-state index contributed by atoms with van der Waals surface area (Å²) in [5.74, 6) is 0. The molecule has 0 amide bonds. The molecule has 0 aliphatic heterocycles. The summed E-state index contributed by atoms with van der Waals surface area (Å²) >= 11 is 0. The lowest BCUT2D eigenvalue weighted by atomic mass is 9.92. The fraction of sp³-hybridized carbons (Fsp3) is 0.143. The van der Waals surface area contributed by atoms with Crippen molar-refractivity contribution >= 4 is 22.9 Å². The van der Waals surface area contributed by atoms with Crippen molar-refractivity contribution in [3.63, 3.8) is 0 Å². The topological polar surface area (TPSA) is 26.0 Å². The normalized spacial score (nSPS) is 13.1. The van der Waals surface area contributed by atoms with Gasteiger partial charge in [0.25, 0.3) is 0 Å².